The minimum absolute atomic E-state index is 0.0316. The van der Waals surface area contributed by atoms with Crippen LogP contribution in [0.2, 0.25) is 0 Å². The van der Waals surface area contributed by atoms with Crippen LogP contribution in [-0.2, 0) is 0 Å². The molecule has 0 atom stereocenters. The van der Waals surface area contributed by atoms with Crippen molar-refractivity contribution in [2.45, 2.75) is 0 Å². The van der Waals surface area contributed by atoms with Crippen molar-refractivity contribution in [2.24, 2.45) is 0 Å². The second-order valence-corrected chi connectivity index (χ2v) is 4.63. The van der Waals surface area contributed by atoms with Crippen LogP contribution in [-0.4, -0.2) is 0 Å². The second-order valence-electron chi connectivity index (χ2n) is 3.77. The summed E-state index contributed by atoms with van der Waals surface area (Å²) in [5, 5.41) is 10.9. The van der Waals surface area contributed by atoms with Gasteiger partial charge in [0, 0.05) is 6.07 Å². The topological polar surface area (TPSA) is 35.8 Å². The fourth-order valence-electron chi connectivity index (χ4n) is 1.50. The van der Waals surface area contributed by atoms with Gasteiger partial charge in [-0.3, -0.25) is 0 Å². The number of hydrogen-bond acceptors (Lipinski definition) is 2. The Kier molecular flexibility index (Phi) is 3.95. The summed E-state index contributed by atoms with van der Waals surface area (Å²) in [6, 6.07) is 5.28. The fourth-order valence-corrected chi connectivity index (χ4v) is 1.84. The molecule has 0 saturated heterocycles. The van der Waals surface area contributed by atoms with Crippen LogP contribution >= 0.6 is 15.9 Å². The average molecular weight is 345 g/mol. The lowest BCUT2D eigenvalue weighted by Gasteiger charge is -2.10. The van der Waals surface area contributed by atoms with Crippen molar-refractivity contribution >= 4 is 27.3 Å². The Hall–Kier alpha value is -2.07. The van der Waals surface area contributed by atoms with Crippen molar-refractivity contribution in [3.8, 4) is 6.07 Å². The molecule has 0 fully saturated rings. The summed E-state index contributed by atoms with van der Waals surface area (Å²) in [4.78, 5) is 0. The predicted octanol–water partition coefficient (Wildman–Crippen LogP) is 4.62. The van der Waals surface area contributed by atoms with Crippen molar-refractivity contribution in [1.82, 2.24) is 0 Å². The Bertz CT molecular complexity index is 725. The SMILES string of the molecule is N#Cc1ccc(Nc2cc(Br)c(F)cc2F)c(F)c1F. The van der Waals surface area contributed by atoms with Crippen LogP contribution < -0.4 is 5.32 Å². The van der Waals surface area contributed by atoms with E-state index in [0.717, 1.165) is 18.2 Å². The highest BCUT2D eigenvalue weighted by Crippen LogP contribution is 2.28. The molecule has 0 aliphatic rings. The molecule has 0 unspecified atom stereocenters. The molecule has 0 amide bonds. The lowest BCUT2D eigenvalue weighted by molar-refractivity contribution is 0.509. The number of nitriles is 1. The Morgan fingerprint density at radius 3 is 2.30 bits per heavy atom. The first-order valence-corrected chi connectivity index (χ1v) is 6.03. The van der Waals surface area contributed by atoms with Crippen LogP contribution in [0.1, 0.15) is 5.56 Å². The number of halogens is 5. The third-order valence-electron chi connectivity index (χ3n) is 2.48. The van der Waals surface area contributed by atoms with Gasteiger partial charge in [-0.15, -0.1) is 0 Å². The van der Waals surface area contributed by atoms with E-state index in [9.17, 15) is 17.6 Å². The van der Waals surface area contributed by atoms with E-state index in [2.05, 4.69) is 21.2 Å². The quantitative estimate of drug-likeness (QED) is 0.637. The Morgan fingerprint density at radius 2 is 1.65 bits per heavy atom. The van der Waals surface area contributed by atoms with Gasteiger partial charge in [-0.05, 0) is 34.1 Å². The van der Waals surface area contributed by atoms with E-state index in [1.165, 1.54) is 6.07 Å². The third-order valence-corrected chi connectivity index (χ3v) is 3.09. The van der Waals surface area contributed by atoms with Gasteiger partial charge in [0.25, 0.3) is 0 Å². The van der Waals surface area contributed by atoms with Gasteiger partial charge in [0.1, 0.15) is 17.7 Å². The van der Waals surface area contributed by atoms with Gasteiger partial charge < -0.3 is 5.32 Å². The molecule has 102 valence electrons. The molecule has 20 heavy (non-hydrogen) atoms. The molecule has 0 aliphatic carbocycles. The molecule has 2 nitrogen and oxygen atoms in total. The summed E-state index contributed by atoms with van der Waals surface area (Å²) in [5.41, 5.74) is -1.06. The Balaban J connectivity index is 2.44. The number of benzene rings is 2. The first kappa shape index (κ1) is 14.3. The highest BCUT2D eigenvalue weighted by molar-refractivity contribution is 9.10. The molecular weight excluding hydrogens is 340 g/mol. The van der Waals surface area contributed by atoms with Gasteiger partial charge in [-0.2, -0.15) is 5.26 Å². The van der Waals surface area contributed by atoms with E-state index in [-0.39, 0.29) is 15.8 Å². The van der Waals surface area contributed by atoms with E-state index in [4.69, 9.17) is 5.26 Å². The lowest BCUT2D eigenvalue weighted by atomic mass is 10.2. The molecule has 0 bridgehead atoms. The maximum Gasteiger partial charge on any atom is 0.183 e. The molecular formula is C13H5BrF4N2. The monoisotopic (exact) mass is 344 g/mol. The molecule has 7 heteroatoms. The number of rotatable bonds is 2. The summed E-state index contributed by atoms with van der Waals surface area (Å²) < 4.78 is 53.6. The van der Waals surface area contributed by atoms with Crippen LogP contribution in [0.25, 0.3) is 0 Å². The number of hydrogen-bond donors (Lipinski definition) is 1. The molecule has 2 rings (SSSR count). The van der Waals surface area contributed by atoms with Crippen molar-refractivity contribution < 1.29 is 17.6 Å². The first-order valence-electron chi connectivity index (χ1n) is 5.23. The molecule has 0 aliphatic heterocycles. The fraction of sp³-hybridized carbons (Fsp3) is 0. The summed E-state index contributed by atoms with van der Waals surface area (Å²) in [6.07, 6.45) is 0. The molecule has 0 spiro atoms. The largest absolute Gasteiger partial charge is 0.351 e. The lowest BCUT2D eigenvalue weighted by Crippen LogP contribution is -2.01. The van der Waals surface area contributed by atoms with Crippen molar-refractivity contribution in [2.75, 3.05) is 5.32 Å². The number of nitrogens with one attached hydrogen (secondary N) is 1. The predicted molar refractivity (Wildman–Crippen MR) is 68.4 cm³/mol. The smallest absolute Gasteiger partial charge is 0.183 e. The average Bonchev–Trinajstić information content (AvgIpc) is 2.41. The first-order chi connectivity index (χ1) is 9.43. The molecule has 0 aromatic heterocycles. The summed E-state index contributed by atoms with van der Waals surface area (Å²) in [7, 11) is 0. The van der Waals surface area contributed by atoms with E-state index < -0.39 is 28.8 Å². The zero-order valence-corrected chi connectivity index (χ0v) is 11.2. The van der Waals surface area contributed by atoms with Gasteiger partial charge in [-0.25, -0.2) is 17.6 Å². The van der Waals surface area contributed by atoms with E-state index in [1.54, 1.807) is 0 Å². The normalized spacial score (nSPS) is 10.2. The highest BCUT2D eigenvalue weighted by Gasteiger charge is 2.15. The van der Waals surface area contributed by atoms with E-state index in [0.29, 0.717) is 6.07 Å². The van der Waals surface area contributed by atoms with Gasteiger partial charge in [0.15, 0.2) is 11.6 Å². The van der Waals surface area contributed by atoms with Gasteiger partial charge in [0.05, 0.1) is 21.4 Å². The van der Waals surface area contributed by atoms with Crippen molar-refractivity contribution in [1.29, 1.82) is 5.26 Å². The van der Waals surface area contributed by atoms with Gasteiger partial charge >= 0.3 is 0 Å². The third kappa shape index (κ3) is 2.60. The molecule has 0 saturated carbocycles. The zero-order chi connectivity index (χ0) is 14.9. The Morgan fingerprint density at radius 1 is 0.950 bits per heavy atom. The minimum Gasteiger partial charge on any atom is -0.351 e. The zero-order valence-electron chi connectivity index (χ0n) is 9.65. The van der Waals surface area contributed by atoms with Gasteiger partial charge in [-0.1, -0.05) is 0 Å². The highest BCUT2D eigenvalue weighted by atomic mass is 79.9. The van der Waals surface area contributed by atoms with Crippen LogP contribution in [0.3, 0.4) is 0 Å². The maximum atomic E-state index is 13.6. The van der Waals surface area contributed by atoms with Crippen molar-refractivity contribution in [3.63, 3.8) is 0 Å². The van der Waals surface area contributed by atoms with E-state index in [1.807, 2.05) is 0 Å². The van der Waals surface area contributed by atoms with Crippen LogP contribution in [0, 0.1) is 34.6 Å². The molecule has 1 N–H and O–H groups in total. The maximum absolute atomic E-state index is 13.6. The van der Waals surface area contributed by atoms with E-state index >= 15 is 0 Å². The summed E-state index contributed by atoms with van der Waals surface area (Å²) >= 11 is 2.86. The molecule has 2 aromatic rings. The van der Waals surface area contributed by atoms with Gasteiger partial charge in [0.2, 0.25) is 0 Å². The summed E-state index contributed by atoms with van der Waals surface area (Å²) in [6.45, 7) is 0. The van der Waals surface area contributed by atoms with Crippen LogP contribution in [0.5, 0.6) is 0 Å². The molecule has 0 heterocycles. The molecule has 0 radical (unpaired) electrons. The van der Waals surface area contributed by atoms with Crippen LogP contribution in [0.15, 0.2) is 28.7 Å². The second kappa shape index (κ2) is 5.51. The molecule has 2 aromatic carbocycles. The number of nitrogens with zero attached hydrogens (tertiary/aromatic N) is 1. The van der Waals surface area contributed by atoms with Crippen molar-refractivity contribution in [3.05, 3.63) is 57.6 Å². The standard InChI is InChI=1S/C13H5BrF4N2/c14-7-3-11(9(16)4-8(7)15)20-10-2-1-6(5-19)12(17)13(10)18/h1-4,20H. The minimum atomic E-state index is -1.33. The summed E-state index contributed by atoms with van der Waals surface area (Å²) in [5.74, 6) is -4.43. The Labute approximate surface area is 119 Å². The number of anilines is 2. The van der Waals surface area contributed by atoms with Crippen LogP contribution in [0.4, 0.5) is 28.9 Å².